The minimum Gasteiger partial charge on any atom is -0.606 e. The molecule has 0 bridgehead atoms. The van der Waals surface area contributed by atoms with Gasteiger partial charge in [-0.2, -0.15) is 0 Å². The van der Waals surface area contributed by atoms with E-state index in [2.05, 4.69) is 0 Å². The second kappa shape index (κ2) is 13.8. The number of aliphatic hydroxyl groups excluding tert-OH is 2. The normalized spacial score (nSPS) is 12.6. The summed E-state index contributed by atoms with van der Waals surface area (Å²) in [5, 5.41) is 18.3. The van der Waals surface area contributed by atoms with Gasteiger partial charge < -0.3 is 28.8 Å². The summed E-state index contributed by atoms with van der Waals surface area (Å²) in [5.41, 5.74) is 0. The van der Waals surface area contributed by atoms with Crippen molar-refractivity contribution in [1.82, 2.24) is 0 Å². The SMILES string of the molecule is [O-][S+](c1ccccc1)c1cc(OCCO)ccc1Sc1ccc(OCCO)cc1[S+]([O-])c1ccccc1. The molecule has 2 unspecified atom stereocenters. The fourth-order valence-electron chi connectivity index (χ4n) is 3.40. The van der Waals surface area contributed by atoms with Gasteiger partial charge in [-0.1, -0.05) is 48.2 Å². The van der Waals surface area contributed by atoms with Gasteiger partial charge in [0, 0.05) is 34.5 Å². The summed E-state index contributed by atoms with van der Waals surface area (Å²) in [7, 11) is 0. The van der Waals surface area contributed by atoms with Crippen molar-refractivity contribution in [3.8, 4) is 11.5 Å². The molecule has 192 valence electrons. The molecule has 0 aromatic heterocycles. The van der Waals surface area contributed by atoms with E-state index in [1.165, 1.54) is 11.8 Å². The maximum absolute atomic E-state index is 13.6. The Balaban J connectivity index is 1.74. The molecule has 0 aliphatic rings. The molecule has 0 saturated carbocycles. The van der Waals surface area contributed by atoms with Gasteiger partial charge in [0.15, 0.2) is 19.6 Å². The lowest BCUT2D eigenvalue weighted by Gasteiger charge is -2.18. The number of aliphatic hydroxyl groups is 2. The highest BCUT2D eigenvalue weighted by Crippen LogP contribution is 2.42. The first-order chi connectivity index (χ1) is 18.1. The maximum atomic E-state index is 13.6. The number of benzene rings is 4. The molecule has 0 radical (unpaired) electrons. The lowest BCUT2D eigenvalue weighted by Crippen LogP contribution is -2.08. The van der Waals surface area contributed by atoms with E-state index in [0.717, 1.165) is 0 Å². The van der Waals surface area contributed by atoms with Gasteiger partial charge in [0.2, 0.25) is 0 Å². The molecule has 4 rings (SSSR count). The molecule has 9 heteroatoms. The Morgan fingerprint density at radius 3 is 1.38 bits per heavy atom. The molecule has 2 atom stereocenters. The van der Waals surface area contributed by atoms with Gasteiger partial charge in [0.25, 0.3) is 0 Å². The molecule has 0 fully saturated rings. The van der Waals surface area contributed by atoms with Crippen molar-refractivity contribution in [3.63, 3.8) is 0 Å². The van der Waals surface area contributed by atoms with Crippen molar-refractivity contribution in [1.29, 1.82) is 0 Å². The van der Waals surface area contributed by atoms with Crippen LogP contribution in [-0.4, -0.2) is 45.7 Å². The Hall–Kier alpha value is -2.63. The van der Waals surface area contributed by atoms with Crippen LogP contribution in [-0.2, 0) is 22.4 Å². The zero-order valence-corrected chi connectivity index (χ0v) is 22.3. The lowest BCUT2D eigenvalue weighted by molar-refractivity contribution is 0.201. The van der Waals surface area contributed by atoms with Gasteiger partial charge in [0.1, 0.15) is 24.7 Å². The van der Waals surface area contributed by atoms with E-state index in [0.29, 0.717) is 40.9 Å². The molecule has 0 aliphatic carbocycles. The summed E-state index contributed by atoms with van der Waals surface area (Å²) in [5.74, 6) is 0.997. The largest absolute Gasteiger partial charge is 0.606 e. The molecule has 0 heterocycles. The van der Waals surface area contributed by atoms with Crippen LogP contribution in [0.2, 0.25) is 0 Å². The zero-order chi connectivity index (χ0) is 26.0. The molecule has 0 amide bonds. The van der Waals surface area contributed by atoms with Crippen molar-refractivity contribution >= 4 is 34.1 Å². The van der Waals surface area contributed by atoms with Crippen LogP contribution in [0.1, 0.15) is 0 Å². The molecule has 37 heavy (non-hydrogen) atoms. The van der Waals surface area contributed by atoms with Crippen LogP contribution in [0.4, 0.5) is 0 Å². The van der Waals surface area contributed by atoms with Gasteiger partial charge in [-0.25, -0.2) is 0 Å². The summed E-state index contributed by atoms with van der Waals surface area (Å²) < 4.78 is 38.3. The predicted octanol–water partition coefficient (Wildman–Crippen LogP) is 4.91. The number of hydrogen-bond acceptors (Lipinski definition) is 7. The molecule has 0 aliphatic heterocycles. The molecule has 6 nitrogen and oxygen atoms in total. The third-order valence-electron chi connectivity index (χ3n) is 5.08. The first-order valence-corrected chi connectivity index (χ1v) is 14.6. The minimum absolute atomic E-state index is 0.124. The molecule has 0 saturated heterocycles. The monoisotopic (exact) mass is 554 g/mol. The third-order valence-corrected chi connectivity index (χ3v) is 9.37. The van der Waals surface area contributed by atoms with E-state index >= 15 is 0 Å². The van der Waals surface area contributed by atoms with E-state index in [4.69, 9.17) is 19.7 Å². The molecule has 0 spiro atoms. The average molecular weight is 555 g/mol. The second-order valence-electron chi connectivity index (χ2n) is 7.63. The Bertz CT molecular complexity index is 1170. The Kier molecular flexibility index (Phi) is 10.2. The Labute approximate surface area is 226 Å². The summed E-state index contributed by atoms with van der Waals surface area (Å²) in [4.78, 5) is 3.81. The molecule has 4 aromatic carbocycles. The van der Waals surface area contributed by atoms with Crippen LogP contribution < -0.4 is 9.47 Å². The van der Waals surface area contributed by atoms with E-state index in [-0.39, 0.29) is 26.4 Å². The highest BCUT2D eigenvalue weighted by atomic mass is 32.2. The number of rotatable bonds is 12. The van der Waals surface area contributed by atoms with Crippen LogP contribution >= 0.6 is 11.8 Å². The topological polar surface area (TPSA) is 105 Å². The van der Waals surface area contributed by atoms with Crippen LogP contribution in [0, 0.1) is 0 Å². The average Bonchev–Trinajstić information content (AvgIpc) is 2.96. The lowest BCUT2D eigenvalue weighted by atomic mass is 10.3. The zero-order valence-electron chi connectivity index (χ0n) is 19.8. The Morgan fingerprint density at radius 1 is 0.595 bits per heavy atom. The first kappa shape index (κ1) is 27.4. The molecule has 2 N–H and O–H groups in total. The van der Waals surface area contributed by atoms with Crippen LogP contribution in [0.25, 0.3) is 0 Å². The van der Waals surface area contributed by atoms with Gasteiger partial charge in [0.05, 0.1) is 23.0 Å². The van der Waals surface area contributed by atoms with Gasteiger partial charge >= 0.3 is 0 Å². The quantitative estimate of drug-likeness (QED) is 0.240. The van der Waals surface area contributed by atoms with Crippen LogP contribution in [0.15, 0.2) is 126 Å². The summed E-state index contributed by atoms with van der Waals surface area (Å²) in [6, 6.07) is 28.8. The highest BCUT2D eigenvalue weighted by Gasteiger charge is 2.25. The van der Waals surface area contributed by atoms with Crippen LogP contribution in [0.3, 0.4) is 0 Å². The Morgan fingerprint density at radius 2 is 1.00 bits per heavy atom. The maximum Gasteiger partial charge on any atom is 0.176 e. The van der Waals surface area contributed by atoms with E-state index in [9.17, 15) is 9.11 Å². The van der Waals surface area contributed by atoms with Crippen molar-refractivity contribution in [2.75, 3.05) is 26.4 Å². The summed E-state index contributed by atoms with van der Waals surface area (Å²) >= 11 is -1.65. The van der Waals surface area contributed by atoms with Gasteiger partial charge in [-0.15, -0.1) is 0 Å². The first-order valence-electron chi connectivity index (χ1n) is 11.5. The van der Waals surface area contributed by atoms with E-state index < -0.39 is 22.4 Å². The van der Waals surface area contributed by atoms with Crippen molar-refractivity contribution in [2.24, 2.45) is 0 Å². The second-order valence-corrected chi connectivity index (χ2v) is 11.6. The predicted molar refractivity (Wildman–Crippen MR) is 144 cm³/mol. The molecule has 4 aromatic rings. The van der Waals surface area contributed by atoms with Gasteiger partial charge in [-0.3, -0.25) is 0 Å². The smallest absolute Gasteiger partial charge is 0.176 e. The van der Waals surface area contributed by atoms with E-state index in [1.54, 1.807) is 48.5 Å². The van der Waals surface area contributed by atoms with Crippen molar-refractivity contribution in [2.45, 2.75) is 29.4 Å². The van der Waals surface area contributed by atoms with Crippen molar-refractivity contribution in [3.05, 3.63) is 97.1 Å². The van der Waals surface area contributed by atoms with E-state index in [1.807, 2.05) is 48.5 Å². The fraction of sp³-hybridized carbons (Fsp3) is 0.143. The fourth-order valence-corrected chi connectivity index (χ4v) is 7.20. The third kappa shape index (κ3) is 7.24. The molecular weight excluding hydrogens is 529 g/mol. The summed E-state index contributed by atoms with van der Waals surface area (Å²) in [6.07, 6.45) is 0. The van der Waals surface area contributed by atoms with Crippen LogP contribution in [0.5, 0.6) is 11.5 Å². The highest BCUT2D eigenvalue weighted by molar-refractivity contribution is 8.01. The van der Waals surface area contributed by atoms with Crippen molar-refractivity contribution < 1.29 is 28.8 Å². The molecular formula is C28H26O6S3. The number of ether oxygens (including phenoxy) is 2. The van der Waals surface area contributed by atoms with Gasteiger partial charge in [-0.05, 0) is 48.5 Å². The summed E-state index contributed by atoms with van der Waals surface area (Å²) in [6.45, 7) is -0.0151. The minimum atomic E-state index is -1.50. The standard InChI is InChI=1S/C28H26O6S3/c29-15-17-33-21-11-13-25(27(19-21)36(31)23-7-3-1-4-8-23)35-26-14-12-22(34-18-16-30)20-28(26)37(32)24-9-5-2-6-10-24/h1-14,19-20,29-30H,15-18H2. The number of hydrogen-bond donors (Lipinski definition) is 2.